The lowest BCUT2D eigenvalue weighted by molar-refractivity contribution is -0.140. The number of carbonyl (C=O) groups excluding carboxylic acids is 2. The molecule has 1 fully saturated rings. The minimum absolute atomic E-state index is 0.0124. The summed E-state index contributed by atoms with van der Waals surface area (Å²) in [7, 11) is 0. The minimum atomic E-state index is -1.01. The van der Waals surface area contributed by atoms with Gasteiger partial charge in [-0.2, -0.15) is 0 Å². The molecule has 1 N–H and O–H groups in total. The van der Waals surface area contributed by atoms with Gasteiger partial charge in [-0.15, -0.1) is 0 Å². The topological polar surface area (TPSA) is 70.1 Å². The zero-order valence-corrected chi connectivity index (χ0v) is 19.5. The highest BCUT2D eigenvalue weighted by Crippen LogP contribution is 2.40. The number of hydrogen-bond acceptors (Lipinski definition) is 5. The second-order valence-corrected chi connectivity index (χ2v) is 8.23. The third-order valence-corrected chi connectivity index (χ3v) is 5.79. The summed E-state index contributed by atoms with van der Waals surface area (Å²) in [6.45, 7) is 10.2. The van der Waals surface area contributed by atoms with Gasteiger partial charge >= 0.3 is 0 Å². The van der Waals surface area contributed by atoms with Gasteiger partial charge in [-0.3, -0.25) is 9.59 Å². The van der Waals surface area contributed by atoms with Crippen LogP contribution in [-0.2, 0) is 9.59 Å². The summed E-state index contributed by atoms with van der Waals surface area (Å²) in [5.74, 6) is -1.81. The summed E-state index contributed by atoms with van der Waals surface area (Å²) >= 11 is 0. The molecule has 7 heteroatoms. The molecule has 1 aliphatic heterocycles. The molecular weight excluding hydrogens is 423 g/mol. The van der Waals surface area contributed by atoms with E-state index >= 15 is 0 Å². The summed E-state index contributed by atoms with van der Waals surface area (Å²) in [6.07, 6.45) is -0.0124. The maximum absolute atomic E-state index is 14.8. The van der Waals surface area contributed by atoms with Crippen molar-refractivity contribution in [1.29, 1.82) is 0 Å². The SMILES string of the molecule is CCN(CC)CCN1C(=O)C(=O)/C(=C(/O)c2ccc(OC(C)C)cc2)[C@H]1c1ccccc1F. The number of Topliss-reactive ketones (excluding diaryl/α,β-unsaturated/α-hetero) is 1. The molecule has 3 rings (SSSR count). The zero-order valence-electron chi connectivity index (χ0n) is 19.5. The average Bonchev–Trinajstić information content (AvgIpc) is 3.04. The maximum atomic E-state index is 14.8. The monoisotopic (exact) mass is 454 g/mol. The molecule has 1 atom stereocenters. The third-order valence-electron chi connectivity index (χ3n) is 5.79. The first-order valence-electron chi connectivity index (χ1n) is 11.3. The van der Waals surface area contributed by atoms with Gasteiger partial charge in [0.05, 0.1) is 17.7 Å². The summed E-state index contributed by atoms with van der Waals surface area (Å²) < 4.78 is 20.5. The van der Waals surface area contributed by atoms with Crippen molar-refractivity contribution in [2.45, 2.75) is 39.8 Å². The number of rotatable bonds is 9. The predicted molar refractivity (Wildman–Crippen MR) is 125 cm³/mol. The summed E-state index contributed by atoms with van der Waals surface area (Å²) in [4.78, 5) is 29.5. The van der Waals surface area contributed by atoms with E-state index in [0.717, 1.165) is 13.1 Å². The van der Waals surface area contributed by atoms with Crippen LogP contribution in [-0.4, -0.2) is 58.9 Å². The van der Waals surface area contributed by atoms with Crippen LogP contribution in [0.4, 0.5) is 4.39 Å². The number of halogens is 1. The molecule has 0 radical (unpaired) electrons. The molecule has 0 bridgehead atoms. The molecule has 0 unspecified atom stereocenters. The van der Waals surface area contributed by atoms with Crippen LogP contribution < -0.4 is 4.74 Å². The molecular formula is C26H31FN2O4. The highest BCUT2D eigenvalue weighted by Gasteiger charge is 2.46. The van der Waals surface area contributed by atoms with Crippen molar-refractivity contribution in [3.63, 3.8) is 0 Å². The van der Waals surface area contributed by atoms with Gasteiger partial charge in [0, 0.05) is 24.2 Å². The highest BCUT2D eigenvalue weighted by atomic mass is 19.1. The zero-order chi connectivity index (χ0) is 24.1. The molecule has 0 aromatic heterocycles. The van der Waals surface area contributed by atoms with Gasteiger partial charge in [0.1, 0.15) is 17.3 Å². The Morgan fingerprint density at radius 1 is 1.09 bits per heavy atom. The van der Waals surface area contributed by atoms with E-state index < -0.39 is 23.5 Å². The van der Waals surface area contributed by atoms with Crippen LogP contribution in [0, 0.1) is 5.82 Å². The van der Waals surface area contributed by atoms with Crippen molar-refractivity contribution in [3.05, 3.63) is 71.0 Å². The van der Waals surface area contributed by atoms with E-state index in [1.165, 1.54) is 11.0 Å². The van der Waals surface area contributed by atoms with E-state index in [2.05, 4.69) is 4.90 Å². The fourth-order valence-corrected chi connectivity index (χ4v) is 4.04. The lowest BCUT2D eigenvalue weighted by atomic mass is 9.95. The molecule has 33 heavy (non-hydrogen) atoms. The first kappa shape index (κ1) is 24.5. The van der Waals surface area contributed by atoms with Crippen LogP contribution in [0.15, 0.2) is 54.1 Å². The van der Waals surface area contributed by atoms with Crippen molar-refractivity contribution in [1.82, 2.24) is 9.80 Å². The fourth-order valence-electron chi connectivity index (χ4n) is 4.04. The van der Waals surface area contributed by atoms with Gasteiger partial charge in [-0.1, -0.05) is 32.0 Å². The van der Waals surface area contributed by atoms with Crippen LogP contribution in [0.1, 0.15) is 44.9 Å². The second-order valence-electron chi connectivity index (χ2n) is 8.23. The number of aliphatic hydroxyl groups is 1. The van der Waals surface area contributed by atoms with Crippen molar-refractivity contribution >= 4 is 17.4 Å². The van der Waals surface area contributed by atoms with Crippen molar-refractivity contribution in [3.8, 4) is 5.75 Å². The molecule has 2 aromatic carbocycles. The summed E-state index contributed by atoms with van der Waals surface area (Å²) in [5.41, 5.74) is 0.425. The molecule has 0 spiro atoms. The number of ether oxygens (including phenoxy) is 1. The number of likely N-dealkylation sites (N-methyl/N-ethyl adjacent to an activating group) is 1. The number of carbonyl (C=O) groups is 2. The number of hydrogen-bond donors (Lipinski definition) is 1. The van der Waals surface area contributed by atoms with E-state index in [4.69, 9.17) is 4.74 Å². The third kappa shape index (κ3) is 5.25. The fraction of sp³-hybridized carbons (Fsp3) is 0.385. The number of ketones is 1. The second kappa shape index (κ2) is 10.6. The Morgan fingerprint density at radius 3 is 2.30 bits per heavy atom. The van der Waals surface area contributed by atoms with E-state index in [9.17, 15) is 19.1 Å². The maximum Gasteiger partial charge on any atom is 0.295 e. The molecule has 1 saturated heterocycles. The van der Waals surface area contributed by atoms with Crippen molar-refractivity contribution in [2.75, 3.05) is 26.2 Å². The van der Waals surface area contributed by atoms with Crippen molar-refractivity contribution in [2.24, 2.45) is 0 Å². The van der Waals surface area contributed by atoms with Crippen LogP contribution in [0.25, 0.3) is 5.76 Å². The first-order valence-corrected chi connectivity index (χ1v) is 11.3. The van der Waals surface area contributed by atoms with E-state index in [0.29, 0.717) is 17.9 Å². The van der Waals surface area contributed by atoms with Crippen molar-refractivity contribution < 1.29 is 23.8 Å². The molecule has 6 nitrogen and oxygen atoms in total. The number of likely N-dealkylation sites (tertiary alicyclic amines) is 1. The molecule has 1 heterocycles. The highest BCUT2D eigenvalue weighted by molar-refractivity contribution is 6.46. The van der Waals surface area contributed by atoms with E-state index in [-0.39, 0.29) is 29.5 Å². The molecule has 2 aromatic rings. The van der Waals surface area contributed by atoms with Crippen LogP contribution >= 0.6 is 0 Å². The first-order chi connectivity index (χ1) is 15.8. The molecule has 1 aliphatic rings. The normalized spacial score (nSPS) is 17.9. The van der Waals surface area contributed by atoms with Crippen LogP contribution in [0.3, 0.4) is 0 Å². The summed E-state index contributed by atoms with van der Waals surface area (Å²) in [6, 6.07) is 11.6. The Morgan fingerprint density at radius 2 is 1.73 bits per heavy atom. The number of nitrogens with zero attached hydrogens (tertiary/aromatic N) is 2. The Kier molecular flexibility index (Phi) is 7.87. The van der Waals surface area contributed by atoms with Gasteiger partial charge < -0.3 is 19.6 Å². The van der Waals surface area contributed by atoms with E-state index in [1.54, 1.807) is 42.5 Å². The predicted octanol–water partition coefficient (Wildman–Crippen LogP) is 4.38. The van der Waals surface area contributed by atoms with Gasteiger partial charge in [-0.05, 0) is 57.3 Å². The quantitative estimate of drug-likeness (QED) is 0.346. The average molecular weight is 455 g/mol. The standard InChI is InChI=1S/C26H31FN2O4/c1-5-28(6-2)15-16-29-23(20-9-7-8-10-21(20)27)22(25(31)26(29)32)24(30)18-11-13-19(14-12-18)33-17(3)4/h7-14,17,23,30H,5-6,15-16H2,1-4H3/b24-22+/t23-/m1/s1. The number of benzene rings is 2. The molecule has 0 saturated carbocycles. The molecule has 0 aliphatic carbocycles. The Balaban J connectivity index is 2.06. The van der Waals surface area contributed by atoms with E-state index in [1.807, 2.05) is 27.7 Å². The number of aliphatic hydroxyl groups excluding tert-OH is 1. The van der Waals surface area contributed by atoms with Crippen LogP contribution in [0.5, 0.6) is 5.75 Å². The minimum Gasteiger partial charge on any atom is -0.507 e. The van der Waals surface area contributed by atoms with Gasteiger partial charge in [-0.25, -0.2) is 4.39 Å². The smallest absolute Gasteiger partial charge is 0.295 e. The molecule has 176 valence electrons. The largest absolute Gasteiger partial charge is 0.507 e. The Bertz CT molecular complexity index is 1030. The molecule has 1 amide bonds. The van der Waals surface area contributed by atoms with Gasteiger partial charge in [0.2, 0.25) is 0 Å². The summed E-state index contributed by atoms with van der Waals surface area (Å²) in [5, 5.41) is 11.1. The van der Waals surface area contributed by atoms with Gasteiger partial charge in [0.25, 0.3) is 11.7 Å². The Labute approximate surface area is 194 Å². The van der Waals surface area contributed by atoms with Crippen LogP contribution in [0.2, 0.25) is 0 Å². The lowest BCUT2D eigenvalue weighted by Crippen LogP contribution is -2.38. The lowest BCUT2D eigenvalue weighted by Gasteiger charge is -2.28. The van der Waals surface area contributed by atoms with Gasteiger partial charge in [0.15, 0.2) is 0 Å². The Hall–Kier alpha value is -3.19. The number of amides is 1.